The number of nitrogens with one attached hydrogen (secondary N) is 1. The van der Waals surface area contributed by atoms with Crippen molar-refractivity contribution >= 4 is 17.6 Å². The average Bonchev–Trinajstić information content (AvgIpc) is 3.13. The van der Waals surface area contributed by atoms with Gasteiger partial charge in [0, 0.05) is 17.3 Å². The predicted molar refractivity (Wildman–Crippen MR) is 76.6 cm³/mol. The van der Waals surface area contributed by atoms with E-state index in [0.29, 0.717) is 12.5 Å². The molecule has 2 saturated heterocycles. The molecule has 0 radical (unpaired) electrons. The number of hydrogen-bond acceptors (Lipinski definition) is 4. The first kappa shape index (κ1) is 12.8. The number of benzene rings is 1. The maximum atomic E-state index is 12.9. The standard InChI is InChI=1S/C16H18N2O3/c1-21-14(19)12-9-10-5-4-8-18(10)16(12)11-6-2-3-7-13(11)17-15(16)20/h2-3,6-7,10,12H,4-5,8-9H2,1H3,(H,17,20)/t10-,12-,16+/m0/s1. The number of amides is 1. The molecule has 110 valence electrons. The molecule has 1 aromatic carbocycles. The number of anilines is 1. The van der Waals surface area contributed by atoms with E-state index >= 15 is 0 Å². The molecule has 3 aliphatic heterocycles. The van der Waals surface area contributed by atoms with E-state index in [0.717, 1.165) is 30.6 Å². The molecule has 0 bridgehead atoms. The lowest BCUT2D eigenvalue weighted by molar-refractivity contribution is -0.152. The van der Waals surface area contributed by atoms with Crippen LogP contribution in [0.2, 0.25) is 0 Å². The number of carbonyl (C=O) groups is 2. The molecule has 1 spiro atoms. The van der Waals surface area contributed by atoms with Crippen molar-refractivity contribution in [2.45, 2.75) is 30.8 Å². The van der Waals surface area contributed by atoms with Gasteiger partial charge in [0.1, 0.15) is 5.54 Å². The van der Waals surface area contributed by atoms with Crippen molar-refractivity contribution < 1.29 is 14.3 Å². The molecule has 0 unspecified atom stereocenters. The number of nitrogens with zero attached hydrogens (tertiary/aromatic N) is 1. The minimum Gasteiger partial charge on any atom is -0.469 e. The smallest absolute Gasteiger partial charge is 0.311 e. The lowest BCUT2D eigenvalue weighted by Gasteiger charge is -2.35. The van der Waals surface area contributed by atoms with Crippen molar-refractivity contribution in [3.05, 3.63) is 29.8 Å². The van der Waals surface area contributed by atoms with Crippen LogP contribution in [-0.2, 0) is 19.9 Å². The highest BCUT2D eigenvalue weighted by Crippen LogP contribution is 2.55. The largest absolute Gasteiger partial charge is 0.469 e. The summed E-state index contributed by atoms with van der Waals surface area (Å²) in [5, 5.41) is 2.96. The highest BCUT2D eigenvalue weighted by Gasteiger charge is 2.65. The Morgan fingerprint density at radius 2 is 2.24 bits per heavy atom. The summed E-state index contributed by atoms with van der Waals surface area (Å²) in [4.78, 5) is 27.4. The van der Waals surface area contributed by atoms with Gasteiger partial charge < -0.3 is 10.1 Å². The zero-order chi connectivity index (χ0) is 14.6. The van der Waals surface area contributed by atoms with Crippen molar-refractivity contribution in [1.29, 1.82) is 0 Å². The summed E-state index contributed by atoms with van der Waals surface area (Å²) in [6.45, 7) is 0.861. The highest BCUT2D eigenvalue weighted by atomic mass is 16.5. The highest BCUT2D eigenvalue weighted by molar-refractivity contribution is 6.08. The molecule has 3 heterocycles. The first-order valence-electron chi connectivity index (χ1n) is 7.45. The van der Waals surface area contributed by atoms with Crippen molar-refractivity contribution in [3.63, 3.8) is 0 Å². The number of esters is 1. The van der Waals surface area contributed by atoms with Gasteiger partial charge in [-0.1, -0.05) is 18.2 Å². The number of methoxy groups -OCH3 is 1. The van der Waals surface area contributed by atoms with E-state index < -0.39 is 11.5 Å². The van der Waals surface area contributed by atoms with Gasteiger partial charge in [0.05, 0.1) is 13.0 Å². The molecular weight excluding hydrogens is 268 g/mol. The maximum absolute atomic E-state index is 12.9. The number of fused-ring (bicyclic) bond motifs is 4. The quantitative estimate of drug-likeness (QED) is 0.795. The first-order chi connectivity index (χ1) is 10.2. The van der Waals surface area contributed by atoms with Gasteiger partial charge in [0.2, 0.25) is 0 Å². The van der Waals surface area contributed by atoms with E-state index in [-0.39, 0.29) is 11.9 Å². The Bertz CT molecular complexity index is 630. The van der Waals surface area contributed by atoms with Gasteiger partial charge in [-0.05, 0) is 31.9 Å². The molecule has 3 atom stereocenters. The predicted octanol–water partition coefficient (Wildman–Crippen LogP) is 1.49. The summed E-state index contributed by atoms with van der Waals surface area (Å²) in [7, 11) is 1.40. The Kier molecular flexibility index (Phi) is 2.63. The van der Waals surface area contributed by atoms with Gasteiger partial charge in [0.15, 0.2) is 0 Å². The minimum atomic E-state index is -0.870. The van der Waals surface area contributed by atoms with Crippen molar-refractivity contribution in [1.82, 2.24) is 4.90 Å². The summed E-state index contributed by atoms with van der Waals surface area (Å²) in [6.07, 6.45) is 2.83. The van der Waals surface area contributed by atoms with Crippen molar-refractivity contribution in [3.8, 4) is 0 Å². The number of carbonyl (C=O) groups excluding carboxylic acids is 2. The second-order valence-electron chi connectivity index (χ2n) is 6.07. The Labute approximate surface area is 123 Å². The zero-order valence-electron chi connectivity index (χ0n) is 12.0. The van der Waals surface area contributed by atoms with Crippen LogP contribution in [0.5, 0.6) is 0 Å². The van der Waals surface area contributed by atoms with Gasteiger partial charge in [-0.2, -0.15) is 0 Å². The second-order valence-corrected chi connectivity index (χ2v) is 6.07. The normalized spacial score (nSPS) is 33.9. The maximum Gasteiger partial charge on any atom is 0.311 e. The van der Waals surface area contributed by atoms with E-state index in [9.17, 15) is 9.59 Å². The Hall–Kier alpha value is -1.88. The topological polar surface area (TPSA) is 58.6 Å². The Morgan fingerprint density at radius 3 is 3.05 bits per heavy atom. The molecule has 2 fully saturated rings. The Morgan fingerprint density at radius 1 is 1.43 bits per heavy atom. The molecule has 5 heteroatoms. The van der Waals surface area contributed by atoms with Gasteiger partial charge in [0.25, 0.3) is 5.91 Å². The number of rotatable bonds is 1. The van der Waals surface area contributed by atoms with Gasteiger partial charge in [-0.15, -0.1) is 0 Å². The fourth-order valence-corrected chi connectivity index (χ4v) is 4.49. The number of hydrogen-bond donors (Lipinski definition) is 1. The summed E-state index contributed by atoms with van der Waals surface area (Å²) >= 11 is 0. The average molecular weight is 286 g/mol. The summed E-state index contributed by atoms with van der Waals surface area (Å²) in [5.74, 6) is -0.781. The molecular formula is C16H18N2O3. The van der Waals surface area contributed by atoms with Crippen LogP contribution < -0.4 is 5.32 Å². The number of ether oxygens (including phenoxy) is 1. The van der Waals surface area contributed by atoms with E-state index in [1.54, 1.807) is 0 Å². The van der Waals surface area contributed by atoms with E-state index in [4.69, 9.17) is 4.74 Å². The molecule has 0 saturated carbocycles. The molecule has 4 rings (SSSR count). The van der Waals surface area contributed by atoms with Crippen LogP contribution in [0.1, 0.15) is 24.8 Å². The molecule has 1 N–H and O–H groups in total. The lowest BCUT2D eigenvalue weighted by atomic mass is 9.79. The van der Waals surface area contributed by atoms with E-state index in [2.05, 4.69) is 10.2 Å². The molecule has 1 aromatic rings. The zero-order valence-corrected chi connectivity index (χ0v) is 12.0. The van der Waals surface area contributed by atoms with E-state index in [1.807, 2.05) is 24.3 Å². The van der Waals surface area contributed by atoms with E-state index in [1.165, 1.54) is 7.11 Å². The third kappa shape index (κ3) is 1.44. The van der Waals surface area contributed by atoms with Crippen LogP contribution in [0.15, 0.2) is 24.3 Å². The van der Waals surface area contributed by atoms with Crippen molar-refractivity contribution in [2.24, 2.45) is 5.92 Å². The van der Waals surface area contributed by atoms with Crippen LogP contribution in [0.3, 0.4) is 0 Å². The molecule has 21 heavy (non-hydrogen) atoms. The monoisotopic (exact) mass is 286 g/mol. The summed E-state index contributed by atoms with van der Waals surface area (Å²) in [5.41, 5.74) is 0.879. The summed E-state index contributed by atoms with van der Waals surface area (Å²) in [6, 6.07) is 8.00. The van der Waals surface area contributed by atoms with Crippen LogP contribution in [0, 0.1) is 5.92 Å². The van der Waals surface area contributed by atoms with Crippen LogP contribution in [0.4, 0.5) is 5.69 Å². The third-order valence-electron chi connectivity index (χ3n) is 5.26. The van der Waals surface area contributed by atoms with Crippen LogP contribution in [0.25, 0.3) is 0 Å². The second kappa shape index (κ2) is 4.31. The SMILES string of the molecule is COC(=O)[C@@H]1C[C@@H]2CCCN2[C@@]12C(=O)Nc1ccccc12. The lowest BCUT2D eigenvalue weighted by Crippen LogP contribution is -2.52. The summed E-state index contributed by atoms with van der Waals surface area (Å²) < 4.78 is 5.00. The van der Waals surface area contributed by atoms with Crippen LogP contribution in [-0.4, -0.2) is 36.5 Å². The van der Waals surface area contributed by atoms with Crippen molar-refractivity contribution in [2.75, 3.05) is 19.0 Å². The van der Waals surface area contributed by atoms with Crippen LogP contribution >= 0.6 is 0 Å². The number of para-hydroxylation sites is 1. The molecule has 0 aliphatic carbocycles. The molecule has 3 aliphatic rings. The fourth-order valence-electron chi connectivity index (χ4n) is 4.49. The Balaban J connectivity index is 1.93. The fraction of sp³-hybridized carbons (Fsp3) is 0.500. The van der Waals surface area contributed by atoms with Gasteiger partial charge in [-0.25, -0.2) is 0 Å². The minimum absolute atomic E-state index is 0.0801. The molecule has 0 aromatic heterocycles. The third-order valence-corrected chi connectivity index (χ3v) is 5.26. The molecule has 1 amide bonds. The first-order valence-corrected chi connectivity index (χ1v) is 7.45. The molecule has 5 nitrogen and oxygen atoms in total. The van der Waals surface area contributed by atoms with Gasteiger partial charge in [-0.3, -0.25) is 14.5 Å². The van der Waals surface area contributed by atoms with Gasteiger partial charge >= 0.3 is 5.97 Å².